The van der Waals surface area contributed by atoms with Crippen molar-refractivity contribution >= 4 is 50.2 Å². The second-order valence-electron chi connectivity index (χ2n) is 6.03. The van der Waals surface area contributed by atoms with Crippen molar-refractivity contribution in [2.24, 2.45) is 0 Å². The van der Waals surface area contributed by atoms with Crippen molar-refractivity contribution in [3.63, 3.8) is 0 Å². The molecule has 6 nitrogen and oxygen atoms in total. The molecule has 29 heavy (non-hydrogen) atoms. The molecule has 2 heterocycles. The average molecular weight is 431 g/mol. The molecule has 8 heteroatoms. The molecular formula is C21H19ClN2O4S. The van der Waals surface area contributed by atoms with Crippen LogP contribution >= 0.6 is 22.9 Å². The molecule has 1 N–H and O–H groups in total. The van der Waals surface area contributed by atoms with Gasteiger partial charge in [0.25, 0.3) is 5.56 Å². The van der Waals surface area contributed by atoms with Crippen LogP contribution in [0.25, 0.3) is 21.3 Å². The molecule has 0 fully saturated rings. The van der Waals surface area contributed by atoms with Crippen LogP contribution in [0.5, 0.6) is 5.75 Å². The van der Waals surface area contributed by atoms with Crippen LogP contribution in [0.15, 0.2) is 41.7 Å². The lowest BCUT2D eigenvalue weighted by atomic mass is 10.2. The number of thiophene rings is 1. The first-order valence-electron chi connectivity index (χ1n) is 8.86. The van der Waals surface area contributed by atoms with Gasteiger partial charge in [-0.05, 0) is 43.2 Å². The number of halogens is 1. The lowest BCUT2D eigenvalue weighted by Crippen LogP contribution is -2.10. The van der Waals surface area contributed by atoms with Gasteiger partial charge in [0.2, 0.25) is 0 Å². The third-order valence-electron chi connectivity index (χ3n) is 4.03. The summed E-state index contributed by atoms with van der Waals surface area (Å²) in [7, 11) is 0. The maximum Gasteiger partial charge on any atom is 0.348 e. The Morgan fingerprint density at radius 3 is 2.72 bits per heavy atom. The van der Waals surface area contributed by atoms with E-state index in [1.54, 1.807) is 26.0 Å². The minimum Gasteiger partial charge on any atom is -0.490 e. The average Bonchev–Trinajstić information content (AvgIpc) is 3.04. The Hall–Kier alpha value is -2.90. The number of carbonyl (C=O) groups excluding carboxylic acids is 1. The molecule has 3 rings (SSSR count). The molecule has 0 unspecified atom stereocenters. The van der Waals surface area contributed by atoms with Crippen LogP contribution in [0.2, 0.25) is 0 Å². The molecule has 0 atom stereocenters. The molecule has 0 amide bonds. The number of nitrogens with zero attached hydrogens (tertiary/aromatic N) is 1. The van der Waals surface area contributed by atoms with E-state index in [1.807, 2.05) is 24.3 Å². The van der Waals surface area contributed by atoms with Crippen molar-refractivity contribution in [1.82, 2.24) is 9.97 Å². The fourth-order valence-corrected chi connectivity index (χ4v) is 3.97. The third-order valence-corrected chi connectivity index (χ3v) is 5.48. The molecule has 150 valence electrons. The highest BCUT2D eigenvalue weighted by Gasteiger charge is 2.20. The number of benzene rings is 1. The topological polar surface area (TPSA) is 81.3 Å². The van der Waals surface area contributed by atoms with Gasteiger partial charge >= 0.3 is 5.97 Å². The lowest BCUT2D eigenvalue weighted by Gasteiger charge is -2.04. The largest absolute Gasteiger partial charge is 0.490 e. The number of esters is 1. The fourth-order valence-electron chi connectivity index (χ4n) is 2.68. The monoisotopic (exact) mass is 430 g/mol. The molecule has 2 aromatic heterocycles. The van der Waals surface area contributed by atoms with Gasteiger partial charge in [-0.1, -0.05) is 36.4 Å². The van der Waals surface area contributed by atoms with Crippen molar-refractivity contribution in [3.05, 3.63) is 69.1 Å². The summed E-state index contributed by atoms with van der Waals surface area (Å²) < 4.78 is 10.5. The summed E-state index contributed by atoms with van der Waals surface area (Å²) in [4.78, 5) is 32.6. The molecule has 0 aliphatic rings. The zero-order valence-electron chi connectivity index (χ0n) is 16.0. The number of fused-ring (bicyclic) bond motifs is 1. The predicted molar refractivity (Wildman–Crippen MR) is 117 cm³/mol. The number of H-pyrrole nitrogens is 1. The van der Waals surface area contributed by atoms with Crippen LogP contribution in [0.3, 0.4) is 0 Å². The highest BCUT2D eigenvalue weighted by atomic mass is 35.5. The minimum atomic E-state index is -0.464. The van der Waals surface area contributed by atoms with E-state index in [0.717, 1.165) is 16.9 Å². The summed E-state index contributed by atoms with van der Waals surface area (Å²) in [6.45, 7) is 7.72. The van der Waals surface area contributed by atoms with Crippen molar-refractivity contribution in [3.8, 4) is 5.75 Å². The first kappa shape index (κ1) is 20.8. The Kier molecular flexibility index (Phi) is 6.51. The van der Waals surface area contributed by atoms with Crippen molar-refractivity contribution in [2.75, 3.05) is 13.2 Å². The van der Waals surface area contributed by atoms with Crippen LogP contribution in [-0.2, 0) is 4.74 Å². The molecular weight excluding hydrogens is 412 g/mol. The zero-order chi connectivity index (χ0) is 21.0. The summed E-state index contributed by atoms with van der Waals surface area (Å²) in [5.41, 5.74) is 1.02. The quantitative estimate of drug-likeness (QED) is 0.431. The van der Waals surface area contributed by atoms with Crippen molar-refractivity contribution < 1.29 is 14.3 Å². The number of aromatic amines is 1. The highest BCUT2D eigenvalue weighted by molar-refractivity contribution is 7.20. The van der Waals surface area contributed by atoms with Gasteiger partial charge < -0.3 is 14.5 Å². The SMILES string of the molecule is C=CCOc1ccc(/C=C(\Cl)c2nc3sc(C(=O)OCC)c(C)c3c(=O)[nH]2)cc1. The predicted octanol–water partition coefficient (Wildman–Crippen LogP) is 4.77. The molecule has 0 saturated carbocycles. The Labute approximate surface area is 176 Å². The maximum atomic E-state index is 12.6. The van der Waals surface area contributed by atoms with Crippen molar-refractivity contribution in [1.29, 1.82) is 0 Å². The van der Waals surface area contributed by atoms with Gasteiger partial charge in [0.05, 0.1) is 17.0 Å². The van der Waals surface area contributed by atoms with E-state index in [0.29, 0.717) is 33.0 Å². The maximum absolute atomic E-state index is 12.6. The number of hydrogen-bond donors (Lipinski definition) is 1. The fraction of sp³-hybridized carbons (Fsp3) is 0.190. The second kappa shape index (κ2) is 9.07. The van der Waals surface area contributed by atoms with Gasteiger partial charge in [-0.15, -0.1) is 11.3 Å². The molecule has 0 bridgehead atoms. The summed E-state index contributed by atoms with van der Waals surface area (Å²) >= 11 is 7.51. The Balaban J connectivity index is 1.94. The molecule has 0 aliphatic heterocycles. The van der Waals surface area contributed by atoms with Gasteiger partial charge in [0, 0.05) is 0 Å². The smallest absolute Gasteiger partial charge is 0.348 e. The number of hydrogen-bond acceptors (Lipinski definition) is 6. The molecule has 3 aromatic rings. The van der Waals surface area contributed by atoms with Gasteiger partial charge in [-0.25, -0.2) is 9.78 Å². The van der Waals surface area contributed by atoms with Crippen LogP contribution in [0.1, 0.15) is 33.5 Å². The van der Waals surface area contributed by atoms with Crippen LogP contribution in [0.4, 0.5) is 0 Å². The van der Waals surface area contributed by atoms with E-state index < -0.39 is 5.97 Å². The number of nitrogens with one attached hydrogen (secondary N) is 1. The lowest BCUT2D eigenvalue weighted by molar-refractivity contribution is 0.0531. The Morgan fingerprint density at radius 2 is 2.07 bits per heavy atom. The van der Waals surface area contributed by atoms with Gasteiger partial charge in [0.15, 0.2) is 5.82 Å². The Morgan fingerprint density at radius 1 is 1.34 bits per heavy atom. The standard InChI is InChI=1S/C21H19ClN2O4S/c1-4-10-28-14-8-6-13(7-9-14)11-15(22)18-23-19(25)16-12(3)17(21(26)27-5-2)29-20(16)24-18/h4,6-9,11H,1,5,10H2,2-3H3,(H,23,24,25)/b15-11-. The molecule has 0 spiro atoms. The second-order valence-corrected chi connectivity index (χ2v) is 7.44. The van der Waals surface area contributed by atoms with Gasteiger partial charge in [-0.2, -0.15) is 0 Å². The van der Waals surface area contributed by atoms with Crippen molar-refractivity contribution in [2.45, 2.75) is 13.8 Å². The van der Waals surface area contributed by atoms with E-state index in [1.165, 1.54) is 0 Å². The first-order valence-corrected chi connectivity index (χ1v) is 10.1. The van der Waals surface area contributed by atoms with Gasteiger partial charge in [-0.3, -0.25) is 4.79 Å². The summed E-state index contributed by atoms with van der Waals surface area (Å²) in [6.07, 6.45) is 3.36. The number of ether oxygens (including phenoxy) is 2. The number of aromatic nitrogens is 2. The number of rotatable bonds is 7. The van der Waals surface area contributed by atoms with E-state index in [-0.39, 0.29) is 23.0 Å². The number of carbonyl (C=O) groups is 1. The van der Waals surface area contributed by atoms with E-state index in [4.69, 9.17) is 21.1 Å². The van der Waals surface area contributed by atoms with Crippen LogP contribution < -0.4 is 10.3 Å². The minimum absolute atomic E-state index is 0.229. The summed E-state index contributed by atoms with van der Waals surface area (Å²) in [5.74, 6) is 0.480. The molecule has 0 saturated heterocycles. The molecule has 0 aliphatic carbocycles. The van der Waals surface area contributed by atoms with E-state index in [2.05, 4.69) is 16.5 Å². The number of aryl methyl sites for hydroxylation is 1. The van der Waals surface area contributed by atoms with E-state index >= 15 is 0 Å². The first-order chi connectivity index (χ1) is 13.9. The molecule has 1 aromatic carbocycles. The van der Waals surface area contributed by atoms with Crippen LogP contribution in [-0.4, -0.2) is 29.2 Å². The van der Waals surface area contributed by atoms with E-state index in [9.17, 15) is 9.59 Å². The summed E-state index contributed by atoms with van der Waals surface area (Å²) in [5, 5.41) is 0.641. The summed E-state index contributed by atoms with van der Waals surface area (Å²) in [6, 6.07) is 7.30. The van der Waals surface area contributed by atoms with Gasteiger partial charge in [0.1, 0.15) is 22.1 Å². The van der Waals surface area contributed by atoms with Crippen LogP contribution in [0, 0.1) is 6.92 Å². The third kappa shape index (κ3) is 4.58. The molecule has 0 radical (unpaired) electrons. The normalized spacial score (nSPS) is 11.5. The Bertz CT molecular complexity index is 1150. The highest BCUT2D eigenvalue weighted by Crippen LogP contribution is 2.29. The zero-order valence-corrected chi connectivity index (χ0v) is 17.5.